The highest BCUT2D eigenvalue weighted by Gasteiger charge is 2.32. The molecule has 1 aromatic heterocycles. The van der Waals surface area contributed by atoms with Crippen molar-refractivity contribution in [2.45, 2.75) is 25.0 Å². The largest absolute Gasteiger partial charge is 0.480 e. The Kier molecular flexibility index (Phi) is 3.81. The fourth-order valence-electron chi connectivity index (χ4n) is 2.54. The minimum absolute atomic E-state index is 0.0299. The zero-order valence-corrected chi connectivity index (χ0v) is 12.9. The van der Waals surface area contributed by atoms with Crippen LogP contribution in [0, 0.1) is 5.82 Å². The molecule has 2 aromatic rings. The Hall–Kier alpha value is -2.41. The molecule has 2 N–H and O–H groups in total. The number of aromatic nitrogens is 2. The van der Waals surface area contributed by atoms with Crippen LogP contribution in [0.25, 0.3) is 0 Å². The number of carbonyl (C=O) groups is 1. The van der Waals surface area contributed by atoms with Gasteiger partial charge in [-0.1, -0.05) is 0 Å². The number of rotatable bonds is 4. The monoisotopic (exact) mass is 319 g/mol. The molecule has 0 aliphatic carbocycles. The summed E-state index contributed by atoms with van der Waals surface area (Å²) < 4.78 is 20.3. The molecular weight excluding hydrogens is 301 g/mol. The number of halogens is 1. The number of ether oxygens (including phenoxy) is 1. The van der Waals surface area contributed by atoms with Crippen molar-refractivity contribution < 1.29 is 19.0 Å². The molecule has 0 unspecified atom stereocenters. The second kappa shape index (κ2) is 5.66. The minimum atomic E-state index is -1.23. The molecule has 3 rings (SSSR count). The van der Waals surface area contributed by atoms with E-state index in [1.807, 2.05) is 0 Å². The van der Waals surface area contributed by atoms with E-state index in [1.165, 1.54) is 18.2 Å². The summed E-state index contributed by atoms with van der Waals surface area (Å²) in [5.41, 5.74) is 0.0451. The Morgan fingerprint density at radius 3 is 3.09 bits per heavy atom. The zero-order valence-electron chi connectivity index (χ0n) is 12.9. The van der Waals surface area contributed by atoms with Crippen LogP contribution in [0.3, 0.4) is 0 Å². The van der Waals surface area contributed by atoms with Crippen LogP contribution in [0.15, 0.2) is 30.6 Å². The van der Waals surface area contributed by atoms with Crippen molar-refractivity contribution in [3.8, 4) is 5.75 Å². The van der Waals surface area contributed by atoms with E-state index in [2.05, 4.69) is 10.4 Å². The molecule has 2 heterocycles. The standard InChI is InChI=1S/C16H18FN3O3/c1-16(22,11-7-19-20(2)8-11)9-18-15(21)14-6-10-5-12(17)3-4-13(10)23-14/h3-5,7-8,14,22H,6,9H2,1-2H3,(H,18,21)/t14-,16+/m1/s1. The zero-order chi connectivity index (χ0) is 16.6. The van der Waals surface area contributed by atoms with Gasteiger partial charge in [-0.3, -0.25) is 9.48 Å². The van der Waals surface area contributed by atoms with Gasteiger partial charge < -0.3 is 15.2 Å². The molecule has 1 aromatic carbocycles. The molecule has 0 fully saturated rings. The maximum Gasteiger partial charge on any atom is 0.261 e. The van der Waals surface area contributed by atoms with Crippen LogP contribution < -0.4 is 10.1 Å². The molecule has 0 bridgehead atoms. The van der Waals surface area contributed by atoms with E-state index >= 15 is 0 Å². The molecule has 6 nitrogen and oxygen atoms in total. The summed E-state index contributed by atoms with van der Waals surface area (Å²) in [5, 5.41) is 17.1. The quantitative estimate of drug-likeness (QED) is 0.877. The number of hydrogen-bond donors (Lipinski definition) is 2. The van der Waals surface area contributed by atoms with Crippen molar-refractivity contribution in [1.29, 1.82) is 0 Å². The summed E-state index contributed by atoms with van der Waals surface area (Å²) in [6.07, 6.45) is 2.85. The SMILES string of the molecule is Cn1cc([C@@](C)(O)CNC(=O)[C@H]2Cc3cc(F)ccc3O2)cn1. The average Bonchev–Trinajstić information content (AvgIpc) is 3.11. The highest BCUT2D eigenvalue weighted by atomic mass is 19.1. The molecule has 1 aliphatic rings. The number of nitrogens with one attached hydrogen (secondary N) is 1. The number of nitrogens with zero attached hydrogens (tertiary/aromatic N) is 2. The highest BCUT2D eigenvalue weighted by molar-refractivity contribution is 5.82. The Morgan fingerprint density at radius 1 is 1.61 bits per heavy atom. The Bertz CT molecular complexity index is 742. The van der Waals surface area contributed by atoms with Gasteiger partial charge in [-0.25, -0.2) is 4.39 Å². The fraction of sp³-hybridized carbons (Fsp3) is 0.375. The first-order valence-corrected chi connectivity index (χ1v) is 7.29. The van der Waals surface area contributed by atoms with Crippen molar-refractivity contribution >= 4 is 5.91 Å². The lowest BCUT2D eigenvalue weighted by molar-refractivity contribution is -0.128. The van der Waals surface area contributed by atoms with Crippen LogP contribution in [-0.4, -0.2) is 33.4 Å². The number of aliphatic hydroxyl groups is 1. The minimum Gasteiger partial charge on any atom is -0.480 e. The lowest BCUT2D eigenvalue weighted by Crippen LogP contribution is -2.44. The van der Waals surface area contributed by atoms with Crippen LogP contribution in [-0.2, 0) is 23.9 Å². The van der Waals surface area contributed by atoms with Gasteiger partial charge in [0.2, 0.25) is 0 Å². The van der Waals surface area contributed by atoms with Gasteiger partial charge in [0, 0.05) is 30.8 Å². The first-order valence-electron chi connectivity index (χ1n) is 7.29. The van der Waals surface area contributed by atoms with Gasteiger partial charge in [-0.2, -0.15) is 5.10 Å². The van der Waals surface area contributed by atoms with Crippen molar-refractivity contribution in [2.24, 2.45) is 7.05 Å². The number of amides is 1. The molecule has 1 amide bonds. The van der Waals surface area contributed by atoms with Crippen LogP contribution >= 0.6 is 0 Å². The smallest absolute Gasteiger partial charge is 0.261 e. The molecule has 1 aliphatic heterocycles. The van der Waals surface area contributed by atoms with E-state index in [9.17, 15) is 14.3 Å². The van der Waals surface area contributed by atoms with Crippen molar-refractivity contribution in [1.82, 2.24) is 15.1 Å². The summed E-state index contributed by atoms with van der Waals surface area (Å²) in [6, 6.07) is 4.18. The summed E-state index contributed by atoms with van der Waals surface area (Å²) in [4.78, 5) is 12.2. The van der Waals surface area contributed by atoms with E-state index in [1.54, 1.807) is 31.0 Å². The third kappa shape index (κ3) is 3.19. The average molecular weight is 319 g/mol. The number of fused-ring (bicyclic) bond motifs is 1. The number of carbonyl (C=O) groups excluding carboxylic acids is 1. The molecule has 0 spiro atoms. The molecule has 122 valence electrons. The topological polar surface area (TPSA) is 76.4 Å². The normalized spacial score (nSPS) is 18.9. The van der Waals surface area contributed by atoms with E-state index in [0.29, 0.717) is 23.3 Å². The van der Waals surface area contributed by atoms with E-state index in [0.717, 1.165) is 0 Å². The summed E-state index contributed by atoms with van der Waals surface area (Å²) in [6.45, 7) is 1.63. The highest BCUT2D eigenvalue weighted by Crippen LogP contribution is 2.29. The molecule has 0 radical (unpaired) electrons. The molecule has 7 heteroatoms. The van der Waals surface area contributed by atoms with Crippen LogP contribution in [0.1, 0.15) is 18.1 Å². The lowest BCUT2D eigenvalue weighted by atomic mass is 9.99. The predicted octanol–water partition coefficient (Wildman–Crippen LogP) is 0.887. The first-order chi connectivity index (χ1) is 10.8. The maximum absolute atomic E-state index is 13.2. The van der Waals surface area contributed by atoms with Crippen molar-refractivity contribution in [2.75, 3.05) is 6.54 Å². The number of aryl methyl sites for hydroxylation is 1. The second-order valence-corrected chi connectivity index (χ2v) is 5.96. The van der Waals surface area contributed by atoms with Crippen LogP contribution in [0.5, 0.6) is 5.75 Å². The summed E-state index contributed by atoms with van der Waals surface area (Å²) in [5.74, 6) is -0.177. The van der Waals surface area contributed by atoms with Gasteiger partial charge in [0.15, 0.2) is 6.10 Å². The fourth-order valence-corrected chi connectivity index (χ4v) is 2.54. The summed E-state index contributed by atoms with van der Waals surface area (Å²) in [7, 11) is 1.75. The molecule has 0 saturated carbocycles. The molecule has 2 atom stereocenters. The summed E-state index contributed by atoms with van der Waals surface area (Å²) >= 11 is 0. The van der Waals surface area contributed by atoms with E-state index < -0.39 is 11.7 Å². The van der Waals surface area contributed by atoms with Crippen molar-refractivity contribution in [3.63, 3.8) is 0 Å². The predicted molar refractivity (Wildman–Crippen MR) is 80.3 cm³/mol. The van der Waals surface area contributed by atoms with Gasteiger partial charge in [-0.05, 0) is 25.1 Å². The maximum atomic E-state index is 13.2. The van der Waals surface area contributed by atoms with Gasteiger partial charge in [0.05, 0.1) is 12.7 Å². The van der Waals surface area contributed by atoms with Gasteiger partial charge in [0.1, 0.15) is 17.2 Å². The Balaban J connectivity index is 1.60. The Morgan fingerprint density at radius 2 is 2.39 bits per heavy atom. The Labute approximate surface area is 132 Å². The number of benzene rings is 1. The lowest BCUT2D eigenvalue weighted by Gasteiger charge is -2.23. The van der Waals surface area contributed by atoms with Crippen molar-refractivity contribution in [3.05, 3.63) is 47.5 Å². The number of hydrogen-bond acceptors (Lipinski definition) is 4. The first kappa shape index (κ1) is 15.5. The molecule has 23 heavy (non-hydrogen) atoms. The van der Waals surface area contributed by atoms with Gasteiger partial charge >= 0.3 is 0 Å². The van der Waals surface area contributed by atoms with Crippen LogP contribution in [0.4, 0.5) is 4.39 Å². The molecular formula is C16H18FN3O3. The third-order valence-corrected chi connectivity index (χ3v) is 3.92. The molecule has 0 saturated heterocycles. The van der Waals surface area contributed by atoms with E-state index in [4.69, 9.17) is 4.74 Å². The van der Waals surface area contributed by atoms with Gasteiger partial charge in [0.25, 0.3) is 5.91 Å². The second-order valence-electron chi connectivity index (χ2n) is 5.96. The van der Waals surface area contributed by atoms with Gasteiger partial charge in [-0.15, -0.1) is 0 Å². The van der Waals surface area contributed by atoms with Crippen LogP contribution in [0.2, 0.25) is 0 Å². The third-order valence-electron chi connectivity index (χ3n) is 3.92. The van der Waals surface area contributed by atoms with E-state index in [-0.39, 0.29) is 18.3 Å².